The fourth-order valence-corrected chi connectivity index (χ4v) is 5.34. The van der Waals surface area contributed by atoms with Crippen LogP contribution >= 0.6 is 0 Å². The van der Waals surface area contributed by atoms with Gasteiger partial charge >= 0.3 is 0 Å². The van der Waals surface area contributed by atoms with Gasteiger partial charge in [0.1, 0.15) is 12.1 Å². The third-order valence-corrected chi connectivity index (χ3v) is 7.92. The molecular formula is C32H40N6O4. The molecule has 3 amide bonds. The highest BCUT2D eigenvalue weighted by Crippen LogP contribution is 2.21. The number of H-pyrrole nitrogens is 1. The van der Waals surface area contributed by atoms with E-state index in [9.17, 15) is 19.2 Å². The maximum atomic E-state index is 13.8. The molecule has 3 aromatic rings. The van der Waals surface area contributed by atoms with Gasteiger partial charge in [-0.2, -0.15) is 0 Å². The molecule has 1 aromatic heterocycles. The molecular weight excluding hydrogens is 532 g/mol. The Kier molecular flexibility index (Phi) is 11.0. The average Bonchev–Trinajstić information content (AvgIpc) is 3.44. The number of piperidine rings is 1. The number of aromatic amines is 1. The molecule has 10 heteroatoms. The maximum absolute atomic E-state index is 13.8. The summed E-state index contributed by atoms with van der Waals surface area (Å²) >= 11 is 0. The van der Waals surface area contributed by atoms with E-state index in [2.05, 4.69) is 32.8 Å². The fourth-order valence-electron chi connectivity index (χ4n) is 5.34. The number of aromatic nitrogens is 1. The fraction of sp³-hybridized carbons (Fsp3) is 0.406. The minimum absolute atomic E-state index is 0.0316. The van der Waals surface area contributed by atoms with E-state index in [0.717, 1.165) is 54.5 Å². The number of hydrogen-bond acceptors (Lipinski definition) is 6. The van der Waals surface area contributed by atoms with Gasteiger partial charge in [0.05, 0.1) is 6.21 Å². The zero-order valence-electron chi connectivity index (χ0n) is 24.0. The molecule has 2 aromatic carbocycles. The van der Waals surface area contributed by atoms with E-state index in [-0.39, 0.29) is 37.6 Å². The van der Waals surface area contributed by atoms with Gasteiger partial charge in [-0.1, -0.05) is 55.5 Å². The summed E-state index contributed by atoms with van der Waals surface area (Å²) in [5, 5.41) is 16.8. The number of carbonyl (C=O) groups excluding carboxylic acids is 4. The lowest BCUT2D eigenvalue weighted by Crippen LogP contribution is -2.55. The highest BCUT2D eigenvalue weighted by molar-refractivity contribution is 6.26. The van der Waals surface area contributed by atoms with Gasteiger partial charge in [0.2, 0.25) is 17.7 Å². The Bertz CT molecular complexity index is 1380. The van der Waals surface area contributed by atoms with Gasteiger partial charge in [0, 0.05) is 42.4 Å². The van der Waals surface area contributed by atoms with E-state index in [1.807, 2.05) is 60.8 Å². The third-order valence-electron chi connectivity index (χ3n) is 7.92. The summed E-state index contributed by atoms with van der Waals surface area (Å²) < 4.78 is 0. The summed E-state index contributed by atoms with van der Waals surface area (Å²) in [6.45, 7) is 4.96. The molecule has 0 unspecified atom stereocenters. The molecule has 2 heterocycles. The van der Waals surface area contributed by atoms with E-state index in [0.29, 0.717) is 6.21 Å². The zero-order valence-corrected chi connectivity index (χ0v) is 24.0. The van der Waals surface area contributed by atoms with E-state index < -0.39 is 29.7 Å². The Morgan fingerprint density at radius 3 is 2.40 bits per heavy atom. The lowest BCUT2D eigenvalue weighted by Gasteiger charge is -2.31. The van der Waals surface area contributed by atoms with Crippen molar-refractivity contribution in [2.75, 3.05) is 19.6 Å². The second kappa shape index (κ2) is 15.1. The van der Waals surface area contributed by atoms with Gasteiger partial charge in [-0.15, -0.1) is 0 Å². The predicted octanol–water partition coefficient (Wildman–Crippen LogP) is 2.73. The molecule has 2 atom stereocenters. The first-order valence-electron chi connectivity index (χ1n) is 14.6. The molecule has 1 fully saturated rings. The second-order valence-electron chi connectivity index (χ2n) is 10.7. The predicted molar refractivity (Wildman–Crippen MR) is 162 cm³/mol. The van der Waals surface area contributed by atoms with Gasteiger partial charge in [-0.3, -0.25) is 19.2 Å². The van der Waals surface area contributed by atoms with Crippen LogP contribution in [-0.2, 0) is 32.1 Å². The van der Waals surface area contributed by atoms with Gasteiger partial charge in [-0.05, 0) is 56.1 Å². The van der Waals surface area contributed by atoms with Crippen LogP contribution in [0.25, 0.3) is 10.9 Å². The van der Waals surface area contributed by atoms with Crippen LogP contribution in [-0.4, -0.2) is 71.3 Å². The maximum Gasteiger partial charge on any atom is 0.243 e. The van der Waals surface area contributed by atoms with Crippen LogP contribution in [0.5, 0.6) is 0 Å². The van der Waals surface area contributed by atoms with Gasteiger partial charge < -0.3 is 31.2 Å². The van der Waals surface area contributed by atoms with E-state index in [4.69, 9.17) is 5.41 Å². The van der Waals surface area contributed by atoms with Crippen molar-refractivity contribution in [1.29, 1.82) is 5.41 Å². The SMILES string of the molecule is CCN1CCC(C(=O)N[C@@H](Cc2c[nH]c3ccccc23)C(=O)N[C@@H](CCC(=O)C=N)C(=O)NCc2ccccc2)CC1. The first-order chi connectivity index (χ1) is 20.4. The Hall–Kier alpha value is -4.31. The molecule has 222 valence electrons. The lowest BCUT2D eigenvalue weighted by molar-refractivity contribution is -0.134. The number of carbonyl (C=O) groups is 4. The lowest BCUT2D eigenvalue weighted by atomic mass is 9.95. The first kappa shape index (κ1) is 30.6. The number of ketones is 1. The number of fused-ring (bicyclic) bond motifs is 1. The van der Waals surface area contributed by atoms with Crippen LogP contribution in [0.4, 0.5) is 0 Å². The number of nitrogens with zero attached hydrogens (tertiary/aromatic N) is 1. The molecule has 0 saturated carbocycles. The van der Waals surface area contributed by atoms with E-state index in [1.54, 1.807) is 0 Å². The number of rotatable bonds is 14. The molecule has 0 radical (unpaired) electrons. The normalized spacial score (nSPS) is 15.5. The molecule has 0 aliphatic carbocycles. The summed E-state index contributed by atoms with van der Waals surface area (Å²) in [5.41, 5.74) is 2.69. The highest BCUT2D eigenvalue weighted by Gasteiger charge is 2.31. The molecule has 4 rings (SSSR count). The standard InChI is InChI=1S/C32H40N6O4/c1-2-38-16-14-23(15-17-38)30(40)37-29(18-24-21-34-27-11-7-6-10-26(24)27)32(42)36-28(13-12-25(39)19-33)31(41)35-20-22-8-4-3-5-9-22/h3-11,19,21,23,28-29,33-34H,2,12-18,20H2,1H3,(H,35,41)(H,36,42)(H,37,40)/t28-,29-/m0/s1. The number of benzene rings is 2. The van der Waals surface area contributed by atoms with Crippen molar-refractivity contribution < 1.29 is 19.2 Å². The quantitative estimate of drug-likeness (QED) is 0.189. The zero-order chi connectivity index (χ0) is 29.9. The van der Waals surface area contributed by atoms with E-state index in [1.165, 1.54) is 0 Å². The summed E-state index contributed by atoms with van der Waals surface area (Å²) in [4.78, 5) is 57.7. The smallest absolute Gasteiger partial charge is 0.243 e. The van der Waals surface area contributed by atoms with Crippen molar-refractivity contribution in [2.45, 2.75) is 57.7 Å². The number of Topliss-reactive ketones (excluding diaryl/α,β-unsaturated/α-hetero) is 1. The van der Waals surface area contributed by atoms with Gasteiger partial charge in [0.15, 0.2) is 5.78 Å². The highest BCUT2D eigenvalue weighted by atomic mass is 16.2. The average molecular weight is 573 g/mol. The number of nitrogens with one attached hydrogen (secondary N) is 5. The Balaban J connectivity index is 1.51. The molecule has 1 saturated heterocycles. The molecule has 1 aliphatic rings. The van der Waals surface area contributed by atoms with Crippen molar-refractivity contribution in [3.05, 3.63) is 71.9 Å². The molecule has 5 N–H and O–H groups in total. The molecule has 0 spiro atoms. The van der Waals surface area contributed by atoms with Crippen molar-refractivity contribution in [2.24, 2.45) is 5.92 Å². The molecule has 0 bridgehead atoms. The summed E-state index contributed by atoms with van der Waals surface area (Å²) in [6.07, 6.45) is 4.18. The number of amides is 3. The Morgan fingerprint density at radius 2 is 1.69 bits per heavy atom. The van der Waals surface area contributed by atoms with Crippen molar-refractivity contribution >= 4 is 40.6 Å². The van der Waals surface area contributed by atoms with Crippen LogP contribution in [0, 0.1) is 11.3 Å². The minimum Gasteiger partial charge on any atom is -0.361 e. The van der Waals surface area contributed by atoms with Crippen LogP contribution < -0.4 is 16.0 Å². The monoisotopic (exact) mass is 572 g/mol. The summed E-state index contributed by atoms with van der Waals surface area (Å²) in [5.74, 6) is -1.74. The second-order valence-corrected chi connectivity index (χ2v) is 10.7. The van der Waals surface area contributed by atoms with Crippen LogP contribution in [0.1, 0.15) is 43.7 Å². The van der Waals surface area contributed by atoms with Crippen molar-refractivity contribution in [1.82, 2.24) is 25.8 Å². The summed E-state index contributed by atoms with van der Waals surface area (Å²) in [7, 11) is 0. The van der Waals surface area contributed by atoms with Crippen LogP contribution in [0.15, 0.2) is 60.8 Å². The molecule has 1 aliphatic heterocycles. The van der Waals surface area contributed by atoms with E-state index >= 15 is 0 Å². The van der Waals surface area contributed by atoms with Gasteiger partial charge in [-0.25, -0.2) is 0 Å². The summed E-state index contributed by atoms with van der Waals surface area (Å²) in [6, 6.07) is 15.2. The third kappa shape index (κ3) is 8.36. The molecule has 10 nitrogen and oxygen atoms in total. The van der Waals surface area contributed by atoms with Crippen molar-refractivity contribution in [3.63, 3.8) is 0 Å². The Morgan fingerprint density at radius 1 is 0.976 bits per heavy atom. The minimum atomic E-state index is -1.01. The van der Waals surface area contributed by atoms with Crippen molar-refractivity contribution in [3.8, 4) is 0 Å². The Labute approximate surface area is 246 Å². The van der Waals surface area contributed by atoms with Crippen LogP contribution in [0.2, 0.25) is 0 Å². The topological polar surface area (TPSA) is 147 Å². The first-order valence-corrected chi connectivity index (χ1v) is 14.6. The van der Waals surface area contributed by atoms with Crippen LogP contribution in [0.3, 0.4) is 0 Å². The number of likely N-dealkylation sites (tertiary alicyclic amines) is 1. The number of para-hydroxylation sites is 1. The largest absolute Gasteiger partial charge is 0.361 e. The molecule has 42 heavy (non-hydrogen) atoms. The van der Waals surface area contributed by atoms with Gasteiger partial charge in [0.25, 0.3) is 0 Å². The number of hydrogen-bond donors (Lipinski definition) is 5.